The predicted molar refractivity (Wildman–Crippen MR) is 117 cm³/mol. The van der Waals surface area contributed by atoms with Crippen LogP contribution in [-0.4, -0.2) is 19.6 Å². The largest absolute Gasteiger partial charge is 0.497 e. The standard InChI is InChI=1S/C24H21NO3S/c1-27-20-11-9-17-10-12-21(15-19(17)14-20)28-16-23(26)25-24(22-8-5-13-29-22)18-6-3-2-4-7-18/h2-15,24H,16H2,1H3,(H,25,26)/t24-/m1/s1. The van der Waals surface area contributed by atoms with Gasteiger partial charge in [-0.15, -0.1) is 11.3 Å². The van der Waals surface area contributed by atoms with Gasteiger partial charge in [-0.25, -0.2) is 0 Å². The van der Waals surface area contributed by atoms with Gasteiger partial charge in [0.1, 0.15) is 11.5 Å². The van der Waals surface area contributed by atoms with Crippen molar-refractivity contribution < 1.29 is 14.3 Å². The number of ether oxygens (including phenoxy) is 2. The Balaban J connectivity index is 1.45. The molecule has 4 aromatic rings. The molecule has 0 aliphatic carbocycles. The Labute approximate surface area is 173 Å². The normalized spacial score (nSPS) is 11.8. The monoisotopic (exact) mass is 403 g/mol. The van der Waals surface area contributed by atoms with Crippen LogP contribution in [0.15, 0.2) is 84.2 Å². The molecule has 1 atom stereocenters. The van der Waals surface area contributed by atoms with E-state index in [9.17, 15) is 4.79 Å². The lowest BCUT2D eigenvalue weighted by molar-refractivity contribution is -0.123. The zero-order valence-corrected chi connectivity index (χ0v) is 16.8. The fourth-order valence-corrected chi connectivity index (χ4v) is 3.99. The summed E-state index contributed by atoms with van der Waals surface area (Å²) >= 11 is 1.62. The third kappa shape index (κ3) is 4.58. The molecule has 0 unspecified atom stereocenters. The SMILES string of the molecule is COc1ccc2ccc(OCC(=O)N[C@H](c3ccccc3)c3cccs3)cc2c1. The smallest absolute Gasteiger partial charge is 0.258 e. The van der Waals surface area contributed by atoms with E-state index in [4.69, 9.17) is 9.47 Å². The van der Waals surface area contributed by atoms with Gasteiger partial charge in [-0.1, -0.05) is 48.5 Å². The van der Waals surface area contributed by atoms with Gasteiger partial charge in [-0.2, -0.15) is 0 Å². The number of hydrogen-bond donors (Lipinski definition) is 1. The quantitative estimate of drug-likeness (QED) is 0.462. The van der Waals surface area contributed by atoms with Gasteiger partial charge in [-0.05, 0) is 52.0 Å². The number of fused-ring (bicyclic) bond motifs is 1. The predicted octanol–water partition coefficient (Wildman–Crippen LogP) is 5.19. The van der Waals surface area contributed by atoms with Crippen molar-refractivity contribution in [3.05, 3.63) is 94.7 Å². The molecule has 0 fully saturated rings. The maximum absolute atomic E-state index is 12.6. The fourth-order valence-electron chi connectivity index (χ4n) is 3.19. The van der Waals surface area contributed by atoms with Crippen LogP contribution in [0.2, 0.25) is 0 Å². The molecule has 1 aromatic heterocycles. The molecule has 5 heteroatoms. The van der Waals surface area contributed by atoms with E-state index in [1.165, 1.54) is 0 Å². The number of carbonyl (C=O) groups is 1. The van der Waals surface area contributed by atoms with Crippen LogP contribution in [0.25, 0.3) is 10.8 Å². The summed E-state index contributed by atoms with van der Waals surface area (Å²) in [7, 11) is 1.64. The summed E-state index contributed by atoms with van der Waals surface area (Å²) in [6.07, 6.45) is 0. The van der Waals surface area contributed by atoms with Gasteiger partial charge in [0.25, 0.3) is 5.91 Å². The molecule has 0 radical (unpaired) electrons. The van der Waals surface area contributed by atoms with Crippen LogP contribution in [0.3, 0.4) is 0 Å². The molecule has 1 heterocycles. The molecule has 0 spiro atoms. The number of amides is 1. The third-order valence-corrected chi connectivity index (χ3v) is 5.59. The number of benzene rings is 3. The van der Waals surface area contributed by atoms with Gasteiger partial charge in [-0.3, -0.25) is 4.79 Å². The highest BCUT2D eigenvalue weighted by Crippen LogP contribution is 2.27. The van der Waals surface area contributed by atoms with Crippen LogP contribution < -0.4 is 14.8 Å². The lowest BCUT2D eigenvalue weighted by Gasteiger charge is -2.18. The van der Waals surface area contributed by atoms with Crippen molar-refractivity contribution in [3.63, 3.8) is 0 Å². The first-order valence-corrected chi connectivity index (χ1v) is 10.2. The van der Waals surface area contributed by atoms with E-state index in [0.29, 0.717) is 5.75 Å². The van der Waals surface area contributed by atoms with E-state index < -0.39 is 0 Å². The second-order valence-electron chi connectivity index (χ2n) is 6.59. The molecule has 29 heavy (non-hydrogen) atoms. The fraction of sp³-hybridized carbons (Fsp3) is 0.125. The van der Waals surface area contributed by atoms with Crippen LogP contribution in [0.1, 0.15) is 16.5 Å². The van der Waals surface area contributed by atoms with Crippen LogP contribution >= 0.6 is 11.3 Å². The van der Waals surface area contributed by atoms with E-state index in [0.717, 1.165) is 27.0 Å². The summed E-state index contributed by atoms with van der Waals surface area (Å²) in [5.74, 6) is 1.26. The first-order valence-electron chi connectivity index (χ1n) is 9.31. The van der Waals surface area contributed by atoms with Crippen molar-refractivity contribution in [2.45, 2.75) is 6.04 Å². The Kier molecular flexibility index (Phi) is 5.77. The second kappa shape index (κ2) is 8.80. The lowest BCUT2D eigenvalue weighted by Crippen LogP contribution is -2.32. The molecule has 0 aliphatic rings. The summed E-state index contributed by atoms with van der Waals surface area (Å²) < 4.78 is 11.0. The molecule has 0 aliphatic heterocycles. The van der Waals surface area contributed by atoms with Crippen molar-refractivity contribution in [2.24, 2.45) is 0 Å². The number of methoxy groups -OCH3 is 1. The van der Waals surface area contributed by atoms with Gasteiger partial charge in [0.05, 0.1) is 13.2 Å². The minimum Gasteiger partial charge on any atom is -0.497 e. The van der Waals surface area contributed by atoms with E-state index in [-0.39, 0.29) is 18.6 Å². The summed E-state index contributed by atoms with van der Waals surface area (Å²) in [4.78, 5) is 13.7. The second-order valence-corrected chi connectivity index (χ2v) is 7.57. The minimum absolute atomic E-state index is 0.0514. The maximum atomic E-state index is 12.6. The Morgan fingerprint density at radius 2 is 1.69 bits per heavy atom. The molecule has 1 N–H and O–H groups in total. The highest BCUT2D eigenvalue weighted by atomic mass is 32.1. The number of carbonyl (C=O) groups excluding carboxylic acids is 1. The topological polar surface area (TPSA) is 47.6 Å². The molecular formula is C24H21NO3S. The van der Waals surface area contributed by atoms with E-state index in [2.05, 4.69) is 5.32 Å². The highest BCUT2D eigenvalue weighted by molar-refractivity contribution is 7.10. The lowest BCUT2D eigenvalue weighted by atomic mass is 10.1. The molecule has 1 amide bonds. The summed E-state index contributed by atoms with van der Waals surface area (Å²) in [5.41, 5.74) is 1.04. The number of nitrogens with one attached hydrogen (secondary N) is 1. The van der Waals surface area contributed by atoms with Crippen LogP contribution in [-0.2, 0) is 4.79 Å². The van der Waals surface area contributed by atoms with Gasteiger partial charge in [0.2, 0.25) is 0 Å². The Hall–Kier alpha value is -3.31. The Bertz CT molecular complexity index is 1090. The first kappa shape index (κ1) is 19.0. The average Bonchev–Trinajstić information content (AvgIpc) is 3.30. The first-order chi connectivity index (χ1) is 14.2. The van der Waals surface area contributed by atoms with Gasteiger partial charge in [0, 0.05) is 4.88 Å². The molecule has 4 nitrogen and oxygen atoms in total. The minimum atomic E-state index is -0.187. The average molecular weight is 404 g/mol. The molecule has 0 bridgehead atoms. The Morgan fingerprint density at radius 1 is 0.931 bits per heavy atom. The van der Waals surface area contributed by atoms with Crippen molar-refractivity contribution in [1.82, 2.24) is 5.32 Å². The Morgan fingerprint density at radius 3 is 2.41 bits per heavy atom. The van der Waals surface area contributed by atoms with Gasteiger partial charge in [0.15, 0.2) is 6.61 Å². The van der Waals surface area contributed by atoms with E-state index >= 15 is 0 Å². The van der Waals surface area contributed by atoms with E-state index in [1.807, 2.05) is 84.2 Å². The molecular weight excluding hydrogens is 382 g/mol. The van der Waals surface area contributed by atoms with Crippen LogP contribution in [0.5, 0.6) is 11.5 Å². The van der Waals surface area contributed by atoms with Gasteiger partial charge < -0.3 is 14.8 Å². The molecule has 3 aromatic carbocycles. The molecule has 0 saturated heterocycles. The highest BCUT2D eigenvalue weighted by Gasteiger charge is 2.18. The third-order valence-electron chi connectivity index (χ3n) is 4.65. The van der Waals surface area contributed by atoms with Crippen molar-refractivity contribution in [1.29, 1.82) is 0 Å². The summed E-state index contributed by atoms with van der Waals surface area (Å²) in [5, 5.41) is 7.19. The van der Waals surface area contributed by atoms with Gasteiger partial charge >= 0.3 is 0 Å². The zero-order valence-electron chi connectivity index (χ0n) is 16.0. The number of thiophene rings is 1. The van der Waals surface area contributed by atoms with Crippen molar-refractivity contribution >= 4 is 28.0 Å². The maximum Gasteiger partial charge on any atom is 0.258 e. The van der Waals surface area contributed by atoms with Crippen molar-refractivity contribution in [2.75, 3.05) is 13.7 Å². The summed E-state index contributed by atoms with van der Waals surface area (Å²) in [6, 6.07) is 25.4. The zero-order chi connectivity index (χ0) is 20.1. The molecule has 4 rings (SSSR count). The number of hydrogen-bond acceptors (Lipinski definition) is 4. The number of rotatable bonds is 7. The summed E-state index contributed by atoms with van der Waals surface area (Å²) in [6.45, 7) is -0.0514. The molecule has 0 saturated carbocycles. The van der Waals surface area contributed by atoms with Crippen LogP contribution in [0, 0.1) is 0 Å². The van der Waals surface area contributed by atoms with Crippen LogP contribution in [0.4, 0.5) is 0 Å². The van der Waals surface area contributed by atoms with E-state index in [1.54, 1.807) is 18.4 Å². The van der Waals surface area contributed by atoms with Crippen molar-refractivity contribution in [3.8, 4) is 11.5 Å². The molecule has 146 valence electrons.